The molecular weight excluding hydrogens is 260 g/mol. The Labute approximate surface area is 117 Å². The van der Waals surface area contributed by atoms with Crippen molar-refractivity contribution in [2.45, 2.75) is 25.9 Å². The number of ether oxygens (including phenoxy) is 1. The minimum absolute atomic E-state index is 0.113. The molecule has 6 nitrogen and oxygen atoms in total. The van der Waals surface area contributed by atoms with Crippen LogP contribution in [0.1, 0.15) is 19.8 Å². The van der Waals surface area contributed by atoms with Gasteiger partial charge in [0.2, 0.25) is 0 Å². The van der Waals surface area contributed by atoms with Crippen molar-refractivity contribution in [1.82, 2.24) is 9.88 Å². The molecule has 1 saturated heterocycles. The normalized spacial score (nSPS) is 17.6. The van der Waals surface area contributed by atoms with E-state index in [1.54, 1.807) is 36.4 Å². The molecule has 0 radical (unpaired) electrons. The molecule has 0 aromatic carbocycles. The molecule has 1 aliphatic rings. The van der Waals surface area contributed by atoms with Gasteiger partial charge in [0, 0.05) is 19.3 Å². The van der Waals surface area contributed by atoms with Gasteiger partial charge in [-0.2, -0.15) is 0 Å². The van der Waals surface area contributed by atoms with E-state index in [-0.39, 0.29) is 11.8 Å². The van der Waals surface area contributed by atoms with Crippen molar-refractivity contribution >= 4 is 11.9 Å². The van der Waals surface area contributed by atoms with E-state index in [9.17, 15) is 9.59 Å². The number of likely N-dealkylation sites (tertiary alicyclic amines) is 1. The van der Waals surface area contributed by atoms with Gasteiger partial charge in [-0.15, -0.1) is 0 Å². The first-order chi connectivity index (χ1) is 9.58. The third kappa shape index (κ3) is 3.46. The van der Waals surface area contributed by atoms with Crippen LogP contribution in [0.2, 0.25) is 0 Å². The van der Waals surface area contributed by atoms with Crippen LogP contribution >= 0.6 is 0 Å². The van der Waals surface area contributed by atoms with Gasteiger partial charge in [0.1, 0.15) is 5.75 Å². The molecule has 0 bridgehead atoms. The van der Waals surface area contributed by atoms with Crippen molar-refractivity contribution in [3.05, 3.63) is 24.5 Å². The predicted molar refractivity (Wildman–Crippen MR) is 71.3 cm³/mol. The van der Waals surface area contributed by atoms with E-state index in [2.05, 4.69) is 4.98 Å². The van der Waals surface area contributed by atoms with E-state index in [1.165, 1.54) is 0 Å². The van der Waals surface area contributed by atoms with Gasteiger partial charge in [-0.05, 0) is 31.9 Å². The monoisotopic (exact) mass is 278 g/mol. The van der Waals surface area contributed by atoms with Crippen molar-refractivity contribution in [2.75, 3.05) is 13.1 Å². The van der Waals surface area contributed by atoms with E-state index >= 15 is 0 Å². The zero-order valence-corrected chi connectivity index (χ0v) is 11.4. The Bertz CT molecular complexity index is 469. The Morgan fingerprint density at radius 2 is 2.15 bits per heavy atom. The van der Waals surface area contributed by atoms with Gasteiger partial charge in [-0.1, -0.05) is 0 Å². The third-order valence-corrected chi connectivity index (χ3v) is 3.45. The van der Waals surface area contributed by atoms with Crippen LogP contribution in [0.25, 0.3) is 0 Å². The summed E-state index contributed by atoms with van der Waals surface area (Å²) in [6.07, 6.45) is 3.60. The molecule has 0 spiro atoms. The number of piperidine rings is 1. The Morgan fingerprint density at radius 1 is 1.45 bits per heavy atom. The van der Waals surface area contributed by atoms with E-state index in [0.29, 0.717) is 31.7 Å². The van der Waals surface area contributed by atoms with Gasteiger partial charge >= 0.3 is 5.97 Å². The van der Waals surface area contributed by atoms with E-state index in [1.807, 2.05) is 0 Å². The molecule has 1 unspecified atom stereocenters. The summed E-state index contributed by atoms with van der Waals surface area (Å²) in [4.78, 5) is 28.7. The largest absolute Gasteiger partial charge is 0.481 e. The highest BCUT2D eigenvalue weighted by molar-refractivity contribution is 5.81. The average molecular weight is 278 g/mol. The Morgan fingerprint density at radius 3 is 2.70 bits per heavy atom. The molecule has 1 fully saturated rings. The van der Waals surface area contributed by atoms with Crippen LogP contribution in [0, 0.1) is 5.92 Å². The number of hydrogen-bond acceptors (Lipinski definition) is 4. The number of rotatable bonds is 4. The highest BCUT2D eigenvalue weighted by atomic mass is 16.5. The summed E-state index contributed by atoms with van der Waals surface area (Å²) in [6, 6.07) is 3.48. The number of aliphatic carboxylic acids is 1. The average Bonchev–Trinajstić information content (AvgIpc) is 2.47. The second-order valence-electron chi connectivity index (χ2n) is 4.89. The summed E-state index contributed by atoms with van der Waals surface area (Å²) in [7, 11) is 0. The maximum Gasteiger partial charge on any atom is 0.306 e. The molecule has 1 amide bonds. The summed E-state index contributed by atoms with van der Waals surface area (Å²) in [5.41, 5.74) is 0. The van der Waals surface area contributed by atoms with E-state index in [4.69, 9.17) is 9.84 Å². The Balaban J connectivity index is 1.87. The predicted octanol–water partition coefficient (Wildman–Crippen LogP) is 1.17. The highest BCUT2D eigenvalue weighted by Gasteiger charge is 2.29. The molecule has 1 aromatic heterocycles. The molecule has 1 aromatic rings. The lowest BCUT2D eigenvalue weighted by Crippen LogP contribution is -2.45. The van der Waals surface area contributed by atoms with Crippen LogP contribution in [0.15, 0.2) is 24.5 Å². The summed E-state index contributed by atoms with van der Waals surface area (Å²) in [5, 5.41) is 8.93. The fraction of sp³-hybridized carbons (Fsp3) is 0.500. The summed E-state index contributed by atoms with van der Waals surface area (Å²) >= 11 is 0. The molecule has 1 atom stereocenters. The molecule has 0 saturated carbocycles. The lowest BCUT2D eigenvalue weighted by atomic mass is 9.97. The molecule has 2 rings (SSSR count). The number of hydrogen-bond donors (Lipinski definition) is 1. The van der Waals surface area contributed by atoms with E-state index in [0.717, 1.165) is 0 Å². The number of amides is 1. The minimum Gasteiger partial charge on any atom is -0.481 e. The van der Waals surface area contributed by atoms with Gasteiger partial charge in [0.05, 0.1) is 12.1 Å². The number of pyridine rings is 1. The highest BCUT2D eigenvalue weighted by Crippen LogP contribution is 2.19. The van der Waals surface area contributed by atoms with Gasteiger partial charge in [-0.25, -0.2) is 0 Å². The van der Waals surface area contributed by atoms with Crippen LogP contribution in [0.4, 0.5) is 0 Å². The fourth-order valence-corrected chi connectivity index (χ4v) is 2.28. The second kappa shape index (κ2) is 6.36. The first-order valence-corrected chi connectivity index (χ1v) is 6.66. The van der Waals surface area contributed by atoms with Crippen LogP contribution in [-0.2, 0) is 9.59 Å². The first kappa shape index (κ1) is 14.3. The minimum atomic E-state index is -0.781. The first-order valence-electron chi connectivity index (χ1n) is 6.66. The van der Waals surface area contributed by atoms with Crippen molar-refractivity contribution in [3.8, 4) is 5.75 Å². The number of carboxylic acid groups (broad SMARTS) is 1. The summed E-state index contributed by atoms with van der Waals surface area (Å²) in [6.45, 7) is 2.63. The maximum absolute atomic E-state index is 12.2. The van der Waals surface area contributed by atoms with Crippen LogP contribution < -0.4 is 4.74 Å². The van der Waals surface area contributed by atoms with Crippen molar-refractivity contribution in [1.29, 1.82) is 0 Å². The van der Waals surface area contributed by atoms with Crippen molar-refractivity contribution < 1.29 is 19.4 Å². The third-order valence-electron chi connectivity index (χ3n) is 3.45. The number of carbonyl (C=O) groups excluding carboxylic acids is 1. The van der Waals surface area contributed by atoms with Crippen LogP contribution in [0.5, 0.6) is 5.75 Å². The lowest BCUT2D eigenvalue weighted by molar-refractivity contribution is -0.147. The van der Waals surface area contributed by atoms with Crippen molar-refractivity contribution in [3.63, 3.8) is 0 Å². The SMILES string of the molecule is CC(Oc1cccnc1)C(=O)N1CCC(C(=O)O)CC1. The number of carboxylic acids is 1. The van der Waals surface area contributed by atoms with Gasteiger partial charge in [0.25, 0.3) is 5.91 Å². The summed E-state index contributed by atoms with van der Waals surface area (Å²) < 4.78 is 5.53. The zero-order chi connectivity index (χ0) is 14.5. The Kier molecular flexibility index (Phi) is 4.55. The lowest BCUT2D eigenvalue weighted by Gasteiger charge is -2.31. The number of carbonyl (C=O) groups is 2. The van der Waals surface area contributed by atoms with E-state index < -0.39 is 12.1 Å². The molecule has 108 valence electrons. The summed E-state index contributed by atoms with van der Waals surface area (Å²) in [5.74, 6) is -0.684. The zero-order valence-electron chi connectivity index (χ0n) is 11.4. The quantitative estimate of drug-likeness (QED) is 0.894. The number of nitrogens with zero attached hydrogens (tertiary/aromatic N) is 2. The maximum atomic E-state index is 12.2. The molecule has 6 heteroatoms. The smallest absolute Gasteiger partial charge is 0.306 e. The van der Waals surface area contributed by atoms with Crippen molar-refractivity contribution in [2.24, 2.45) is 5.92 Å². The van der Waals surface area contributed by atoms with Gasteiger partial charge < -0.3 is 14.7 Å². The van der Waals surface area contributed by atoms with Gasteiger partial charge in [-0.3, -0.25) is 14.6 Å². The van der Waals surface area contributed by atoms with Crippen LogP contribution in [-0.4, -0.2) is 46.1 Å². The van der Waals surface area contributed by atoms with Gasteiger partial charge in [0.15, 0.2) is 6.10 Å². The molecule has 1 N–H and O–H groups in total. The molecule has 20 heavy (non-hydrogen) atoms. The molecule has 2 heterocycles. The topological polar surface area (TPSA) is 79.7 Å². The number of aromatic nitrogens is 1. The fourth-order valence-electron chi connectivity index (χ4n) is 2.28. The molecular formula is C14H18N2O4. The Hall–Kier alpha value is -2.11. The standard InChI is InChI=1S/C14H18N2O4/c1-10(20-12-3-2-6-15-9-12)13(17)16-7-4-11(5-8-16)14(18)19/h2-3,6,9-11H,4-5,7-8H2,1H3,(H,18,19). The second-order valence-corrected chi connectivity index (χ2v) is 4.89. The molecule has 1 aliphatic heterocycles. The molecule has 0 aliphatic carbocycles. The van der Waals surface area contributed by atoms with Crippen LogP contribution in [0.3, 0.4) is 0 Å².